The molecule has 1 saturated heterocycles. The Bertz CT molecular complexity index is 667. The molecule has 0 bridgehead atoms. The van der Waals surface area contributed by atoms with Crippen LogP contribution >= 0.6 is 0 Å². The van der Waals surface area contributed by atoms with Crippen molar-refractivity contribution in [2.45, 2.75) is 57.9 Å². The van der Waals surface area contributed by atoms with Gasteiger partial charge in [0.2, 0.25) is 5.65 Å². The molecule has 6 heteroatoms. The van der Waals surface area contributed by atoms with Gasteiger partial charge in [-0.2, -0.15) is 9.61 Å². The number of fused-ring (bicyclic) bond motifs is 1. The van der Waals surface area contributed by atoms with Gasteiger partial charge in [0, 0.05) is 12.6 Å². The van der Waals surface area contributed by atoms with Crippen molar-refractivity contribution in [2.24, 2.45) is 5.92 Å². The van der Waals surface area contributed by atoms with Crippen molar-refractivity contribution in [1.82, 2.24) is 24.7 Å². The molecule has 6 nitrogen and oxygen atoms in total. The van der Waals surface area contributed by atoms with Crippen molar-refractivity contribution >= 4 is 11.3 Å². The predicted octanol–water partition coefficient (Wildman–Crippen LogP) is 2.75. The van der Waals surface area contributed by atoms with Crippen molar-refractivity contribution < 1.29 is 0 Å². The first-order chi connectivity index (χ1) is 11.8. The zero-order valence-corrected chi connectivity index (χ0v) is 14.6. The molecular formula is C18H28N6. The Hall–Kier alpha value is -1.69. The van der Waals surface area contributed by atoms with Crippen molar-refractivity contribution in [3.05, 3.63) is 18.1 Å². The summed E-state index contributed by atoms with van der Waals surface area (Å²) < 4.78 is 1.78. The van der Waals surface area contributed by atoms with Crippen LogP contribution in [-0.4, -0.2) is 50.4 Å². The van der Waals surface area contributed by atoms with E-state index in [2.05, 4.69) is 38.5 Å². The van der Waals surface area contributed by atoms with Crippen molar-refractivity contribution in [3.63, 3.8) is 0 Å². The van der Waals surface area contributed by atoms with Gasteiger partial charge in [0.05, 0.1) is 11.4 Å². The van der Waals surface area contributed by atoms with Gasteiger partial charge in [0.25, 0.3) is 0 Å². The molecule has 24 heavy (non-hydrogen) atoms. The minimum absolute atomic E-state index is 0.754. The molecule has 130 valence electrons. The molecule has 1 N–H and O–H groups in total. The van der Waals surface area contributed by atoms with E-state index in [1.54, 1.807) is 10.8 Å². The van der Waals surface area contributed by atoms with Crippen LogP contribution in [0.3, 0.4) is 0 Å². The van der Waals surface area contributed by atoms with Crippen LogP contribution in [0.1, 0.15) is 51.1 Å². The van der Waals surface area contributed by atoms with Crippen LogP contribution in [0.25, 0.3) is 5.65 Å². The fourth-order valence-corrected chi connectivity index (χ4v) is 4.23. The number of hydrogen-bond donors (Lipinski definition) is 1. The third-order valence-corrected chi connectivity index (χ3v) is 5.75. The summed E-state index contributed by atoms with van der Waals surface area (Å²) in [5, 5.41) is 16.3. The highest BCUT2D eigenvalue weighted by atomic mass is 15.3. The van der Waals surface area contributed by atoms with Gasteiger partial charge in [-0.25, -0.2) is 0 Å². The minimum atomic E-state index is 0.754. The largest absolute Gasteiger partial charge is 0.382 e. The zero-order chi connectivity index (χ0) is 16.4. The quantitative estimate of drug-likeness (QED) is 0.914. The number of anilines is 1. The number of nitrogens with one attached hydrogen (secondary N) is 1. The number of rotatable bonds is 5. The van der Waals surface area contributed by atoms with Gasteiger partial charge in [-0.1, -0.05) is 19.8 Å². The lowest BCUT2D eigenvalue weighted by Gasteiger charge is -2.36. The van der Waals surface area contributed by atoms with Gasteiger partial charge in [-0.3, -0.25) is 0 Å². The molecule has 0 spiro atoms. The van der Waals surface area contributed by atoms with E-state index in [9.17, 15) is 0 Å². The summed E-state index contributed by atoms with van der Waals surface area (Å²) in [6.07, 6.45) is 10.9. The minimum Gasteiger partial charge on any atom is -0.382 e. The summed E-state index contributed by atoms with van der Waals surface area (Å²) in [5.74, 6) is 0.754. The highest BCUT2D eigenvalue weighted by Gasteiger charge is 2.27. The molecule has 4 rings (SSSR count). The second kappa shape index (κ2) is 7.05. The third-order valence-electron chi connectivity index (χ3n) is 5.75. The molecule has 1 saturated carbocycles. The SMILES string of the molecule is CCc1cc(NCC2CCN(C3CCCC3)CC2)c2nncn2n1. The molecule has 2 aromatic rings. The Morgan fingerprint density at radius 1 is 1.17 bits per heavy atom. The van der Waals surface area contributed by atoms with Crippen LogP contribution in [0.15, 0.2) is 12.4 Å². The lowest BCUT2D eigenvalue weighted by Crippen LogP contribution is -2.41. The van der Waals surface area contributed by atoms with E-state index < -0.39 is 0 Å². The first kappa shape index (κ1) is 15.8. The standard InChI is InChI=1S/C18H28N6/c1-2-15-11-17(18-21-20-13-24(18)22-15)19-12-14-7-9-23(10-8-14)16-5-3-4-6-16/h11,13-14,16,19H,2-10,12H2,1H3. The van der Waals surface area contributed by atoms with Crippen molar-refractivity contribution in [3.8, 4) is 0 Å². The number of piperidine rings is 1. The molecule has 0 radical (unpaired) electrons. The highest BCUT2D eigenvalue weighted by molar-refractivity contribution is 5.66. The molecule has 0 unspecified atom stereocenters. The summed E-state index contributed by atoms with van der Waals surface area (Å²) in [5.41, 5.74) is 2.97. The van der Waals surface area contributed by atoms with Gasteiger partial charge in [-0.05, 0) is 57.2 Å². The summed E-state index contributed by atoms with van der Waals surface area (Å²) >= 11 is 0. The molecular weight excluding hydrogens is 300 g/mol. The Kier molecular flexibility index (Phi) is 4.65. The maximum absolute atomic E-state index is 4.51. The maximum atomic E-state index is 4.51. The second-order valence-electron chi connectivity index (χ2n) is 7.30. The lowest BCUT2D eigenvalue weighted by atomic mass is 9.95. The third kappa shape index (κ3) is 3.24. The van der Waals surface area contributed by atoms with Gasteiger partial charge in [0.1, 0.15) is 6.33 Å². The monoisotopic (exact) mass is 328 g/mol. The summed E-state index contributed by atoms with van der Waals surface area (Å²) in [7, 11) is 0. The van der Waals surface area contributed by atoms with Gasteiger partial charge in [-0.15, -0.1) is 10.2 Å². The average Bonchev–Trinajstić information content (AvgIpc) is 3.31. The molecule has 0 atom stereocenters. The van der Waals surface area contributed by atoms with E-state index in [0.717, 1.165) is 42.0 Å². The summed E-state index contributed by atoms with van der Waals surface area (Å²) in [4.78, 5) is 2.74. The van der Waals surface area contributed by atoms with Crippen molar-refractivity contribution in [1.29, 1.82) is 0 Å². The van der Waals surface area contributed by atoms with E-state index in [0.29, 0.717) is 0 Å². The number of aryl methyl sites for hydroxylation is 1. The van der Waals surface area contributed by atoms with Crippen molar-refractivity contribution in [2.75, 3.05) is 25.0 Å². The first-order valence-electron chi connectivity index (χ1n) is 9.51. The van der Waals surface area contributed by atoms with Crippen LogP contribution in [0.5, 0.6) is 0 Å². The number of aromatic nitrogens is 4. The molecule has 0 amide bonds. The van der Waals surface area contributed by atoms with E-state index >= 15 is 0 Å². The lowest BCUT2D eigenvalue weighted by molar-refractivity contribution is 0.138. The zero-order valence-electron chi connectivity index (χ0n) is 14.6. The van der Waals surface area contributed by atoms with E-state index in [-0.39, 0.29) is 0 Å². The van der Waals surface area contributed by atoms with Gasteiger partial charge in [0.15, 0.2) is 0 Å². The molecule has 1 aliphatic heterocycles. The number of nitrogens with zero attached hydrogens (tertiary/aromatic N) is 5. The molecule has 1 aliphatic carbocycles. The van der Waals surface area contributed by atoms with Crippen LogP contribution in [0, 0.1) is 5.92 Å². The second-order valence-corrected chi connectivity index (χ2v) is 7.30. The first-order valence-corrected chi connectivity index (χ1v) is 9.51. The Morgan fingerprint density at radius 3 is 2.71 bits per heavy atom. The summed E-state index contributed by atoms with van der Waals surface area (Å²) in [6, 6.07) is 3.00. The van der Waals surface area contributed by atoms with E-state index in [1.165, 1.54) is 51.6 Å². The van der Waals surface area contributed by atoms with Crippen LogP contribution in [0.2, 0.25) is 0 Å². The Labute approximate surface area is 143 Å². The fourth-order valence-electron chi connectivity index (χ4n) is 4.23. The smallest absolute Gasteiger partial charge is 0.200 e. The van der Waals surface area contributed by atoms with Gasteiger partial charge >= 0.3 is 0 Å². The van der Waals surface area contributed by atoms with E-state index in [1.807, 2.05) is 0 Å². The average molecular weight is 328 g/mol. The molecule has 3 heterocycles. The molecule has 2 aliphatic rings. The summed E-state index contributed by atoms with van der Waals surface area (Å²) in [6.45, 7) is 5.69. The van der Waals surface area contributed by atoms with Crippen LogP contribution < -0.4 is 5.32 Å². The fraction of sp³-hybridized carbons (Fsp3) is 0.722. The van der Waals surface area contributed by atoms with E-state index in [4.69, 9.17) is 0 Å². The topological polar surface area (TPSA) is 58.3 Å². The number of likely N-dealkylation sites (tertiary alicyclic amines) is 1. The Morgan fingerprint density at radius 2 is 1.96 bits per heavy atom. The van der Waals surface area contributed by atoms with Crippen LogP contribution in [0.4, 0.5) is 5.69 Å². The molecule has 2 fully saturated rings. The number of hydrogen-bond acceptors (Lipinski definition) is 5. The van der Waals surface area contributed by atoms with Crippen LogP contribution in [-0.2, 0) is 6.42 Å². The molecule has 0 aromatic carbocycles. The predicted molar refractivity (Wildman–Crippen MR) is 95.2 cm³/mol. The maximum Gasteiger partial charge on any atom is 0.200 e. The van der Waals surface area contributed by atoms with Gasteiger partial charge < -0.3 is 10.2 Å². The Balaban J connectivity index is 1.35. The molecule has 2 aromatic heterocycles. The normalized spacial score (nSPS) is 20.9. The highest BCUT2D eigenvalue weighted by Crippen LogP contribution is 2.28.